The molecule has 32 heavy (non-hydrogen) atoms. The van der Waals surface area contributed by atoms with E-state index in [1.54, 1.807) is 24.4 Å². The summed E-state index contributed by atoms with van der Waals surface area (Å²) in [5.74, 6) is 1.14. The fourth-order valence-corrected chi connectivity index (χ4v) is 4.51. The van der Waals surface area contributed by atoms with E-state index < -0.39 is 23.8 Å². The van der Waals surface area contributed by atoms with Crippen LogP contribution >= 0.6 is 11.8 Å². The van der Waals surface area contributed by atoms with Crippen LogP contribution in [0.5, 0.6) is 11.6 Å². The summed E-state index contributed by atoms with van der Waals surface area (Å²) in [6.07, 6.45) is -1.76. The van der Waals surface area contributed by atoms with Crippen LogP contribution in [0.3, 0.4) is 0 Å². The standard InChI is InChI=1S/C21H18F3N5O2S/c22-21(23,24)13-1-4-19(28-9-13)31-15-2-3-18-16(6-15)12(8-27-18)5-17(26)20(30)29-11-32-10-14(29)7-25/h1-4,6,8-9,14,17,27H,5,10-11,26H2/t14-,17-/m0/s1. The molecule has 1 amide bonds. The smallest absolute Gasteiger partial charge is 0.417 e. The molecule has 166 valence electrons. The highest BCUT2D eigenvalue weighted by atomic mass is 32.2. The van der Waals surface area contributed by atoms with Gasteiger partial charge in [-0.05, 0) is 36.2 Å². The number of aromatic amines is 1. The number of H-pyrrole nitrogens is 1. The number of fused-ring (bicyclic) bond motifs is 1. The molecule has 1 aliphatic rings. The number of carbonyl (C=O) groups excluding carboxylic acids is 1. The number of benzene rings is 1. The molecule has 1 aromatic carbocycles. The molecule has 3 heterocycles. The molecule has 0 saturated carbocycles. The summed E-state index contributed by atoms with van der Waals surface area (Å²) in [6, 6.07) is 8.01. The van der Waals surface area contributed by atoms with Crippen molar-refractivity contribution in [1.82, 2.24) is 14.9 Å². The van der Waals surface area contributed by atoms with Gasteiger partial charge in [0.05, 0.1) is 23.6 Å². The molecule has 2 aromatic heterocycles. The van der Waals surface area contributed by atoms with Gasteiger partial charge in [0.2, 0.25) is 11.8 Å². The highest BCUT2D eigenvalue weighted by Crippen LogP contribution is 2.31. The maximum absolute atomic E-state index is 12.7. The van der Waals surface area contributed by atoms with Gasteiger partial charge in [0.1, 0.15) is 11.8 Å². The summed E-state index contributed by atoms with van der Waals surface area (Å²) in [4.78, 5) is 21.0. The number of hydrogen-bond acceptors (Lipinski definition) is 6. The lowest BCUT2D eigenvalue weighted by Gasteiger charge is -2.22. The van der Waals surface area contributed by atoms with E-state index in [-0.39, 0.29) is 18.2 Å². The minimum absolute atomic E-state index is 0.0235. The van der Waals surface area contributed by atoms with E-state index in [2.05, 4.69) is 16.0 Å². The lowest BCUT2D eigenvalue weighted by Crippen LogP contribution is -2.47. The van der Waals surface area contributed by atoms with Gasteiger partial charge in [-0.3, -0.25) is 4.79 Å². The van der Waals surface area contributed by atoms with Gasteiger partial charge in [-0.25, -0.2) is 4.98 Å². The minimum atomic E-state index is -4.47. The van der Waals surface area contributed by atoms with Crippen molar-refractivity contribution in [1.29, 1.82) is 5.26 Å². The number of amides is 1. The molecule has 1 aliphatic heterocycles. The average molecular weight is 461 g/mol. The fourth-order valence-electron chi connectivity index (χ4n) is 3.42. The third-order valence-corrected chi connectivity index (χ3v) is 6.11. The normalized spacial score (nSPS) is 17.3. The maximum atomic E-state index is 12.7. The SMILES string of the molecule is N#C[C@H]1CSCN1C(=O)[C@@H](N)Cc1c[nH]c2ccc(Oc3ccc(C(F)(F)F)cn3)cc12. The third kappa shape index (κ3) is 4.51. The molecule has 2 atom stereocenters. The summed E-state index contributed by atoms with van der Waals surface area (Å²) >= 11 is 1.51. The van der Waals surface area contributed by atoms with Crippen LogP contribution in [0, 0.1) is 11.3 Å². The van der Waals surface area contributed by atoms with E-state index in [9.17, 15) is 23.2 Å². The summed E-state index contributed by atoms with van der Waals surface area (Å²) in [5.41, 5.74) is 6.87. The minimum Gasteiger partial charge on any atom is -0.439 e. The van der Waals surface area contributed by atoms with Gasteiger partial charge in [0.15, 0.2) is 0 Å². The van der Waals surface area contributed by atoms with Crippen LogP contribution in [0.25, 0.3) is 10.9 Å². The Labute approximate surface area is 185 Å². The van der Waals surface area contributed by atoms with Gasteiger partial charge in [0, 0.05) is 35.1 Å². The van der Waals surface area contributed by atoms with E-state index in [4.69, 9.17) is 10.5 Å². The van der Waals surface area contributed by atoms with Crippen LogP contribution in [-0.2, 0) is 17.4 Å². The second-order valence-electron chi connectivity index (χ2n) is 7.27. The number of aromatic nitrogens is 2. The molecule has 0 bridgehead atoms. The second kappa shape index (κ2) is 8.72. The summed E-state index contributed by atoms with van der Waals surface area (Å²) in [7, 11) is 0. The van der Waals surface area contributed by atoms with Crippen molar-refractivity contribution in [3.63, 3.8) is 0 Å². The molecular formula is C21H18F3N5O2S. The van der Waals surface area contributed by atoms with E-state index >= 15 is 0 Å². The molecule has 0 unspecified atom stereocenters. The monoisotopic (exact) mass is 461 g/mol. The van der Waals surface area contributed by atoms with E-state index in [1.165, 1.54) is 16.7 Å². The van der Waals surface area contributed by atoms with Gasteiger partial charge >= 0.3 is 6.18 Å². The number of thioether (sulfide) groups is 1. The van der Waals surface area contributed by atoms with Crippen LogP contribution in [0.15, 0.2) is 42.7 Å². The zero-order valence-electron chi connectivity index (χ0n) is 16.6. The van der Waals surface area contributed by atoms with Crippen LogP contribution in [0.1, 0.15) is 11.1 Å². The first-order chi connectivity index (χ1) is 15.3. The number of rotatable bonds is 5. The zero-order chi connectivity index (χ0) is 22.9. The summed E-state index contributed by atoms with van der Waals surface area (Å²) < 4.78 is 43.7. The van der Waals surface area contributed by atoms with Crippen LogP contribution < -0.4 is 10.5 Å². The Morgan fingerprint density at radius 1 is 1.41 bits per heavy atom. The Kier molecular flexibility index (Phi) is 5.99. The number of nitriles is 1. The van der Waals surface area contributed by atoms with Crippen LogP contribution in [-0.4, -0.2) is 44.5 Å². The predicted molar refractivity (Wildman–Crippen MR) is 113 cm³/mol. The van der Waals surface area contributed by atoms with Gasteiger partial charge < -0.3 is 20.4 Å². The molecule has 3 N–H and O–H groups in total. The van der Waals surface area contributed by atoms with Gasteiger partial charge in [0.25, 0.3) is 0 Å². The Hall–Kier alpha value is -3.23. The zero-order valence-corrected chi connectivity index (χ0v) is 17.4. The fraction of sp³-hybridized carbons (Fsp3) is 0.286. The second-order valence-corrected chi connectivity index (χ2v) is 8.27. The molecular weight excluding hydrogens is 443 g/mol. The highest BCUT2D eigenvalue weighted by Gasteiger charge is 2.32. The number of nitrogens with zero attached hydrogens (tertiary/aromatic N) is 3. The predicted octanol–water partition coefficient (Wildman–Crippen LogP) is 3.67. The number of halogens is 3. The van der Waals surface area contributed by atoms with E-state index in [0.29, 0.717) is 23.6 Å². The number of alkyl halides is 3. The topological polar surface area (TPSA) is 108 Å². The Morgan fingerprint density at radius 2 is 2.22 bits per heavy atom. The maximum Gasteiger partial charge on any atom is 0.417 e. The van der Waals surface area contributed by atoms with Crippen molar-refractivity contribution in [3.8, 4) is 17.7 Å². The number of nitrogens with two attached hydrogens (primary N) is 1. The molecule has 1 fully saturated rings. The molecule has 0 aliphatic carbocycles. The number of carbonyl (C=O) groups is 1. The number of hydrogen-bond donors (Lipinski definition) is 2. The largest absolute Gasteiger partial charge is 0.439 e. The van der Waals surface area contributed by atoms with Crippen molar-refractivity contribution in [2.75, 3.05) is 11.6 Å². The van der Waals surface area contributed by atoms with Crippen molar-refractivity contribution < 1.29 is 22.7 Å². The van der Waals surface area contributed by atoms with Crippen molar-refractivity contribution in [2.24, 2.45) is 5.73 Å². The first-order valence-electron chi connectivity index (χ1n) is 9.61. The number of nitrogens with one attached hydrogen (secondary N) is 1. The number of ether oxygens (including phenoxy) is 1. The first kappa shape index (κ1) is 22.0. The van der Waals surface area contributed by atoms with Gasteiger partial charge in [-0.2, -0.15) is 18.4 Å². The molecule has 7 nitrogen and oxygen atoms in total. The molecule has 0 spiro atoms. The Morgan fingerprint density at radius 3 is 2.91 bits per heavy atom. The molecule has 4 rings (SSSR count). The van der Waals surface area contributed by atoms with E-state index in [1.807, 2.05) is 0 Å². The van der Waals surface area contributed by atoms with Crippen LogP contribution in [0.4, 0.5) is 13.2 Å². The lowest BCUT2D eigenvalue weighted by atomic mass is 10.0. The highest BCUT2D eigenvalue weighted by molar-refractivity contribution is 7.99. The third-order valence-electron chi connectivity index (χ3n) is 5.10. The van der Waals surface area contributed by atoms with Gasteiger partial charge in [-0.1, -0.05) is 0 Å². The Bertz CT molecular complexity index is 1170. The van der Waals surface area contributed by atoms with Gasteiger partial charge in [-0.15, -0.1) is 11.8 Å². The number of pyridine rings is 1. The molecule has 11 heteroatoms. The summed E-state index contributed by atoms with van der Waals surface area (Å²) in [5, 5.41) is 9.96. The summed E-state index contributed by atoms with van der Waals surface area (Å²) in [6.45, 7) is 0. The van der Waals surface area contributed by atoms with E-state index in [0.717, 1.165) is 28.6 Å². The average Bonchev–Trinajstić information content (AvgIpc) is 3.40. The van der Waals surface area contributed by atoms with Crippen molar-refractivity contribution in [3.05, 3.63) is 53.9 Å². The molecule has 3 aromatic rings. The first-order valence-corrected chi connectivity index (χ1v) is 10.8. The van der Waals surface area contributed by atoms with Crippen LogP contribution in [0.2, 0.25) is 0 Å². The van der Waals surface area contributed by atoms with Crippen molar-refractivity contribution in [2.45, 2.75) is 24.7 Å². The molecule has 0 radical (unpaired) electrons. The Balaban J connectivity index is 1.50. The lowest BCUT2D eigenvalue weighted by molar-refractivity contribution is -0.137. The quantitative estimate of drug-likeness (QED) is 0.600. The molecule has 1 saturated heterocycles. The van der Waals surface area contributed by atoms with Crippen molar-refractivity contribution >= 4 is 28.6 Å².